The zero-order valence-corrected chi connectivity index (χ0v) is 10.3. The molecular weight excluding hydrogens is 245 g/mol. The van der Waals surface area contributed by atoms with Crippen molar-refractivity contribution < 1.29 is 14.0 Å². The SMILES string of the molecule is Cc1ccc(C(=O)C(=O)Nc2cccc(F)c2)cc1. The molecule has 0 heterocycles. The number of carbonyl (C=O) groups is 2. The Kier molecular flexibility index (Phi) is 3.71. The van der Waals surface area contributed by atoms with Crippen molar-refractivity contribution in [3.63, 3.8) is 0 Å². The normalized spacial score (nSPS) is 10.0. The molecule has 0 aliphatic rings. The fourth-order valence-corrected chi connectivity index (χ4v) is 1.59. The van der Waals surface area contributed by atoms with Crippen LogP contribution in [0.15, 0.2) is 48.5 Å². The van der Waals surface area contributed by atoms with Crippen LogP contribution in [0.3, 0.4) is 0 Å². The summed E-state index contributed by atoms with van der Waals surface area (Å²) >= 11 is 0. The van der Waals surface area contributed by atoms with Crippen LogP contribution in [-0.2, 0) is 4.79 Å². The molecule has 0 atom stereocenters. The Morgan fingerprint density at radius 2 is 1.74 bits per heavy atom. The van der Waals surface area contributed by atoms with Gasteiger partial charge in [0, 0.05) is 11.3 Å². The van der Waals surface area contributed by atoms with Crippen LogP contribution < -0.4 is 5.32 Å². The maximum absolute atomic E-state index is 12.9. The highest BCUT2D eigenvalue weighted by molar-refractivity contribution is 6.46. The number of carbonyl (C=O) groups excluding carboxylic acids is 2. The van der Waals surface area contributed by atoms with E-state index in [4.69, 9.17) is 0 Å². The van der Waals surface area contributed by atoms with Crippen LogP contribution in [0.2, 0.25) is 0 Å². The van der Waals surface area contributed by atoms with E-state index in [9.17, 15) is 14.0 Å². The smallest absolute Gasteiger partial charge is 0.296 e. The van der Waals surface area contributed by atoms with E-state index in [2.05, 4.69) is 5.32 Å². The molecule has 2 aromatic rings. The number of amides is 1. The molecule has 0 fully saturated rings. The van der Waals surface area contributed by atoms with Crippen LogP contribution >= 0.6 is 0 Å². The van der Waals surface area contributed by atoms with Gasteiger partial charge in [0.15, 0.2) is 0 Å². The molecule has 0 bridgehead atoms. The topological polar surface area (TPSA) is 46.2 Å². The minimum Gasteiger partial charge on any atom is -0.319 e. The van der Waals surface area contributed by atoms with Crippen LogP contribution in [-0.4, -0.2) is 11.7 Å². The second-order valence-electron chi connectivity index (χ2n) is 4.16. The van der Waals surface area contributed by atoms with Crippen molar-refractivity contribution in [3.8, 4) is 0 Å². The van der Waals surface area contributed by atoms with Crippen molar-refractivity contribution in [1.82, 2.24) is 0 Å². The van der Waals surface area contributed by atoms with Crippen LogP contribution in [0.25, 0.3) is 0 Å². The maximum Gasteiger partial charge on any atom is 0.296 e. The Labute approximate surface area is 110 Å². The number of anilines is 1. The van der Waals surface area contributed by atoms with Crippen molar-refractivity contribution in [2.24, 2.45) is 0 Å². The van der Waals surface area contributed by atoms with E-state index in [1.165, 1.54) is 18.2 Å². The molecule has 2 aromatic carbocycles. The van der Waals surface area contributed by atoms with Gasteiger partial charge in [-0.1, -0.05) is 35.9 Å². The first kappa shape index (κ1) is 13.0. The van der Waals surface area contributed by atoms with Gasteiger partial charge in [-0.3, -0.25) is 9.59 Å². The summed E-state index contributed by atoms with van der Waals surface area (Å²) in [6.07, 6.45) is 0. The number of hydrogen-bond acceptors (Lipinski definition) is 2. The summed E-state index contributed by atoms with van der Waals surface area (Å²) in [7, 11) is 0. The number of halogens is 1. The lowest BCUT2D eigenvalue weighted by atomic mass is 10.1. The van der Waals surface area contributed by atoms with E-state index < -0.39 is 17.5 Å². The number of nitrogens with one attached hydrogen (secondary N) is 1. The summed E-state index contributed by atoms with van der Waals surface area (Å²) in [6.45, 7) is 1.89. The van der Waals surface area contributed by atoms with E-state index in [-0.39, 0.29) is 5.69 Å². The summed E-state index contributed by atoms with van der Waals surface area (Å²) in [6, 6.07) is 12.1. The molecule has 0 unspecified atom stereocenters. The van der Waals surface area contributed by atoms with E-state index in [1.807, 2.05) is 6.92 Å². The predicted molar refractivity (Wildman–Crippen MR) is 70.5 cm³/mol. The second kappa shape index (κ2) is 5.44. The molecule has 1 N–H and O–H groups in total. The Bertz CT molecular complexity index is 620. The predicted octanol–water partition coefficient (Wildman–Crippen LogP) is 2.96. The fraction of sp³-hybridized carbons (Fsp3) is 0.0667. The third-order valence-corrected chi connectivity index (χ3v) is 2.60. The van der Waals surface area contributed by atoms with Crippen molar-refractivity contribution in [2.75, 3.05) is 5.32 Å². The van der Waals surface area contributed by atoms with Gasteiger partial charge in [0.05, 0.1) is 0 Å². The number of hydrogen-bond donors (Lipinski definition) is 1. The molecule has 0 aliphatic carbocycles. The van der Waals surface area contributed by atoms with Crippen molar-refractivity contribution in [1.29, 1.82) is 0 Å². The highest BCUT2D eigenvalue weighted by Crippen LogP contribution is 2.10. The molecule has 0 spiro atoms. The third-order valence-electron chi connectivity index (χ3n) is 2.60. The van der Waals surface area contributed by atoms with Gasteiger partial charge in [0.25, 0.3) is 11.7 Å². The fourth-order valence-electron chi connectivity index (χ4n) is 1.59. The number of benzene rings is 2. The lowest BCUT2D eigenvalue weighted by Gasteiger charge is -2.04. The van der Waals surface area contributed by atoms with Crippen LogP contribution in [0.4, 0.5) is 10.1 Å². The summed E-state index contributed by atoms with van der Waals surface area (Å²) in [5, 5.41) is 2.37. The first-order chi connectivity index (χ1) is 9.06. The standard InChI is InChI=1S/C15H12FNO2/c1-10-5-7-11(8-6-10)14(18)15(19)17-13-4-2-3-12(16)9-13/h2-9H,1H3,(H,17,19). The highest BCUT2D eigenvalue weighted by atomic mass is 19.1. The van der Waals surface area contributed by atoms with E-state index >= 15 is 0 Å². The molecule has 19 heavy (non-hydrogen) atoms. The quantitative estimate of drug-likeness (QED) is 0.678. The lowest BCUT2D eigenvalue weighted by Crippen LogP contribution is -2.22. The van der Waals surface area contributed by atoms with E-state index in [0.717, 1.165) is 11.6 Å². The average Bonchev–Trinajstić information content (AvgIpc) is 2.39. The molecule has 4 heteroatoms. The van der Waals surface area contributed by atoms with E-state index in [1.54, 1.807) is 24.3 Å². The molecule has 0 saturated heterocycles. The van der Waals surface area contributed by atoms with Gasteiger partial charge in [-0.2, -0.15) is 0 Å². The Hall–Kier alpha value is -2.49. The van der Waals surface area contributed by atoms with Gasteiger partial charge in [-0.05, 0) is 25.1 Å². The van der Waals surface area contributed by atoms with Gasteiger partial charge >= 0.3 is 0 Å². The molecular formula is C15H12FNO2. The molecule has 0 aliphatic heterocycles. The van der Waals surface area contributed by atoms with Crippen LogP contribution in [0, 0.1) is 12.7 Å². The molecule has 3 nitrogen and oxygen atoms in total. The second-order valence-corrected chi connectivity index (χ2v) is 4.16. The number of Topliss-reactive ketones (excluding diaryl/α,β-unsaturated/α-hetero) is 1. The van der Waals surface area contributed by atoms with Gasteiger partial charge < -0.3 is 5.32 Å². The Morgan fingerprint density at radius 1 is 1.05 bits per heavy atom. The van der Waals surface area contributed by atoms with Crippen LogP contribution in [0.5, 0.6) is 0 Å². The minimum atomic E-state index is -0.783. The molecule has 0 radical (unpaired) electrons. The number of ketones is 1. The summed E-state index contributed by atoms with van der Waals surface area (Å²) in [4.78, 5) is 23.6. The van der Waals surface area contributed by atoms with Crippen LogP contribution in [0.1, 0.15) is 15.9 Å². The highest BCUT2D eigenvalue weighted by Gasteiger charge is 2.16. The first-order valence-corrected chi connectivity index (χ1v) is 5.74. The van der Waals surface area contributed by atoms with Gasteiger partial charge in [0.2, 0.25) is 0 Å². The summed E-state index contributed by atoms with van der Waals surface area (Å²) in [5.74, 6) is -1.90. The maximum atomic E-state index is 12.9. The molecule has 1 amide bonds. The monoisotopic (exact) mass is 257 g/mol. The molecule has 2 rings (SSSR count). The van der Waals surface area contributed by atoms with Gasteiger partial charge in [-0.25, -0.2) is 4.39 Å². The zero-order valence-electron chi connectivity index (χ0n) is 10.3. The minimum absolute atomic E-state index is 0.255. The lowest BCUT2D eigenvalue weighted by molar-refractivity contribution is -0.112. The Morgan fingerprint density at radius 3 is 2.37 bits per heavy atom. The summed E-state index contributed by atoms with van der Waals surface area (Å²) in [5.41, 5.74) is 1.56. The average molecular weight is 257 g/mol. The van der Waals surface area contributed by atoms with Crippen molar-refractivity contribution >= 4 is 17.4 Å². The van der Waals surface area contributed by atoms with Crippen molar-refractivity contribution in [3.05, 3.63) is 65.5 Å². The number of aryl methyl sites for hydroxylation is 1. The molecule has 0 aromatic heterocycles. The van der Waals surface area contributed by atoms with E-state index in [0.29, 0.717) is 5.56 Å². The summed E-state index contributed by atoms with van der Waals surface area (Å²) < 4.78 is 12.9. The first-order valence-electron chi connectivity index (χ1n) is 5.74. The Balaban J connectivity index is 2.12. The van der Waals surface area contributed by atoms with Gasteiger partial charge in [0.1, 0.15) is 5.82 Å². The third kappa shape index (κ3) is 3.25. The molecule has 0 saturated carbocycles. The molecule has 96 valence electrons. The largest absolute Gasteiger partial charge is 0.319 e. The zero-order chi connectivity index (χ0) is 13.8. The van der Waals surface area contributed by atoms with Gasteiger partial charge in [-0.15, -0.1) is 0 Å². The number of rotatable bonds is 3. The van der Waals surface area contributed by atoms with Crippen molar-refractivity contribution in [2.45, 2.75) is 6.92 Å².